The van der Waals surface area contributed by atoms with Crippen molar-refractivity contribution < 1.29 is 43.0 Å². The van der Waals surface area contributed by atoms with E-state index in [1.165, 1.54) is 0 Å². The highest BCUT2D eigenvalue weighted by Gasteiger charge is 2.24. The molecule has 36 heavy (non-hydrogen) atoms. The Morgan fingerprint density at radius 3 is 1.86 bits per heavy atom. The van der Waals surface area contributed by atoms with E-state index in [0.29, 0.717) is 19.5 Å². The summed E-state index contributed by atoms with van der Waals surface area (Å²) >= 11 is 0. The lowest BCUT2D eigenvalue weighted by atomic mass is 10.3. The second-order valence-corrected chi connectivity index (χ2v) is 7.62. The quantitative estimate of drug-likeness (QED) is 0.121. The third-order valence-electron chi connectivity index (χ3n) is 4.56. The van der Waals surface area contributed by atoms with Crippen LogP contribution < -0.4 is 21.3 Å². The lowest BCUT2D eigenvalue weighted by molar-refractivity contribution is -0.137. The number of rotatable bonds is 16. The van der Waals surface area contributed by atoms with Gasteiger partial charge in [-0.15, -0.1) is 0 Å². The minimum Gasteiger partial charge on any atom is -0.447 e. The molecule has 0 aromatic carbocycles. The molecule has 0 aromatic rings. The average molecular weight is 514 g/mol. The molecule has 0 bridgehead atoms. The molecule has 1 unspecified atom stereocenters. The number of carbonyl (C=O) groups is 6. The normalized spacial score (nSPS) is 13.4. The molecule has 0 aromatic heterocycles. The number of imide groups is 1. The van der Waals surface area contributed by atoms with Crippen molar-refractivity contribution in [3.8, 4) is 0 Å². The highest BCUT2D eigenvalue weighted by Crippen LogP contribution is 2.04. The molecule has 0 radical (unpaired) electrons. The van der Waals surface area contributed by atoms with Crippen molar-refractivity contribution >= 4 is 35.8 Å². The summed E-state index contributed by atoms with van der Waals surface area (Å²) in [6.45, 7) is 5.62. The number of alkyl carbamates (subject to hydrolysis) is 2. The SMILES string of the molecule is CCNC(=O)OCC(COC(=O)NCC)OCCCC(=O)NC(C)NC(=O)CCN1C(=O)C=CC1=O. The van der Waals surface area contributed by atoms with E-state index in [9.17, 15) is 28.8 Å². The molecule has 4 N–H and O–H groups in total. The third kappa shape index (κ3) is 12.7. The Morgan fingerprint density at radius 1 is 0.861 bits per heavy atom. The van der Waals surface area contributed by atoms with Crippen LogP contribution >= 0.6 is 0 Å². The maximum Gasteiger partial charge on any atom is 0.407 e. The molecule has 6 amide bonds. The van der Waals surface area contributed by atoms with Gasteiger partial charge in [-0.25, -0.2) is 9.59 Å². The van der Waals surface area contributed by atoms with Crippen LogP contribution in [-0.2, 0) is 33.4 Å². The van der Waals surface area contributed by atoms with Gasteiger partial charge in [-0.3, -0.25) is 24.1 Å². The summed E-state index contributed by atoms with van der Waals surface area (Å²) < 4.78 is 15.6. The molecule has 1 aliphatic heterocycles. The molecule has 1 rings (SSSR count). The van der Waals surface area contributed by atoms with Crippen molar-refractivity contribution in [3.63, 3.8) is 0 Å². The monoisotopic (exact) mass is 513 g/mol. The largest absolute Gasteiger partial charge is 0.447 e. The Balaban J connectivity index is 2.30. The fourth-order valence-corrected chi connectivity index (χ4v) is 2.88. The molecule has 0 aliphatic carbocycles. The van der Waals surface area contributed by atoms with Gasteiger partial charge in [-0.1, -0.05) is 0 Å². The number of carbonyl (C=O) groups excluding carboxylic acids is 6. The molecule has 14 nitrogen and oxygen atoms in total. The smallest absolute Gasteiger partial charge is 0.407 e. The van der Waals surface area contributed by atoms with Gasteiger partial charge in [0.25, 0.3) is 11.8 Å². The first-order chi connectivity index (χ1) is 17.2. The molecule has 14 heteroatoms. The van der Waals surface area contributed by atoms with Crippen LogP contribution in [0.1, 0.15) is 40.0 Å². The number of ether oxygens (including phenoxy) is 3. The van der Waals surface area contributed by atoms with E-state index in [4.69, 9.17) is 14.2 Å². The number of nitrogens with one attached hydrogen (secondary N) is 4. The molecular formula is C22H35N5O9. The second-order valence-electron chi connectivity index (χ2n) is 7.62. The summed E-state index contributed by atoms with van der Waals surface area (Å²) in [5, 5.41) is 10.1. The van der Waals surface area contributed by atoms with Crippen LogP contribution in [0.3, 0.4) is 0 Å². The van der Waals surface area contributed by atoms with Gasteiger partial charge >= 0.3 is 12.2 Å². The number of amides is 6. The zero-order chi connectivity index (χ0) is 26.9. The van der Waals surface area contributed by atoms with E-state index in [0.717, 1.165) is 17.1 Å². The topological polar surface area (TPSA) is 181 Å². The van der Waals surface area contributed by atoms with Crippen molar-refractivity contribution in [1.29, 1.82) is 0 Å². The first kappa shape index (κ1) is 30.4. The van der Waals surface area contributed by atoms with E-state index in [2.05, 4.69) is 21.3 Å². The van der Waals surface area contributed by atoms with Crippen LogP contribution in [0.15, 0.2) is 12.2 Å². The van der Waals surface area contributed by atoms with Crippen LogP contribution in [0.4, 0.5) is 9.59 Å². The molecule has 0 fully saturated rings. The minimum atomic E-state index is -0.721. The average Bonchev–Trinajstić information content (AvgIpc) is 3.13. The maximum atomic E-state index is 12.1. The zero-order valence-electron chi connectivity index (χ0n) is 20.8. The fourth-order valence-electron chi connectivity index (χ4n) is 2.88. The van der Waals surface area contributed by atoms with Crippen LogP contribution in [0, 0.1) is 0 Å². The summed E-state index contributed by atoms with van der Waals surface area (Å²) in [4.78, 5) is 71.1. The Hall–Kier alpha value is -3.68. The van der Waals surface area contributed by atoms with Crippen LogP contribution in [0.25, 0.3) is 0 Å². The lowest BCUT2D eigenvalue weighted by Crippen LogP contribution is -2.46. The van der Waals surface area contributed by atoms with E-state index in [1.54, 1.807) is 20.8 Å². The summed E-state index contributed by atoms with van der Waals surface area (Å²) in [5.74, 6) is -1.70. The molecule has 1 atom stereocenters. The number of nitrogens with zero attached hydrogens (tertiary/aromatic N) is 1. The Morgan fingerprint density at radius 2 is 1.36 bits per heavy atom. The molecule has 1 aliphatic rings. The second kappa shape index (κ2) is 16.9. The Labute approximate surface area is 209 Å². The first-order valence-corrected chi connectivity index (χ1v) is 11.7. The third-order valence-corrected chi connectivity index (χ3v) is 4.56. The number of hydrogen-bond acceptors (Lipinski definition) is 9. The highest BCUT2D eigenvalue weighted by atomic mass is 16.6. The van der Waals surface area contributed by atoms with Gasteiger partial charge < -0.3 is 35.5 Å². The molecule has 0 spiro atoms. The standard InChI is InChI=1S/C22H35N5O9/c1-4-23-21(32)35-13-16(14-36-22(33)24-5-2)34-12-6-7-17(28)25-15(3)26-18(29)10-11-27-19(30)8-9-20(27)31/h8-9,15-16H,4-7,10-14H2,1-3H3,(H,23,32)(H,24,33)(H,25,28)(H,26,29). The Bertz CT molecular complexity index is 778. The molecule has 1 heterocycles. The van der Waals surface area contributed by atoms with Gasteiger partial charge in [0.15, 0.2) is 0 Å². The van der Waals surface area contributed by atoms with Crippen molar-refractivity contribution in [2.45, 2.75) is 52.3 Å². The van der Waals surface area contributed by atoms with Crippen LogP contribution in [0.2, 0.25) is 0 Å². The van der Waals surface area contributed by atoms with Crippen LogP contribution in [-0.4, -0.2) is 92.4 Å². The Kier molecular flexibility index (Phi) is 14.2. The maximum absolute atomic E-state index is 12.1. The molecule has 202 valence electrons. The van der Waals surface area contributed by atoms with Gasteiger partial charge in [0.1, 0.15) is 19.3 Å². The number of hydrogen-bond donors (Lipinski definition) is 4. The highest BCUT2D eigenvalue weighted by molar-refractivity contribution is 6.13. The lowest BCUT2D eigenvalue weighted by Gasteiger charge is -2.19. The van der Waals surface area contributed by atoms with Crippen molar-refractivity contribution in [2.24, 2.45) is 0 Å². The minimum absolute atomic E-state index is 0.0523. The summed E-state index contributed by atoms with van der Waals surface area (Å²) in [5.41, 5.74) is 0. The zero-order valence-corrected chi connectivity index (χ0v) is 20.8. The summed E-state index contributed by atoms with van der Waals surface area (Å²) in [6.07, 6.45) is -0.0569. The molecule has 0 saturated carbocycles. The predicted octanol–water partition coefficient (Wildman–Crippen LogP) is -0.462. The van der Waals surface area contributed by atoms with Gasteiger partial charge in [-0.2, -0.15) is 0 Å². The van der Waals surface area contributed by atoms with Crippen LogP contribution in [0.5, 0.6) is 0 Å². The van der Waals surface area contributed by atoms with E-state index in [1.807, 2.05) is 0 Å². The summed E-state index contributed by atoms with van der Waals surface area (Å²) in [6, 6.07) is 0. The molecular weight excluding hydrogens is 478 g/mol. The predicted molar refractivity (Wildman–Crippen MR) is 125 cm³/mol. The van der Waals surface area contributed by atoms with Gasteiger partial charge in [0, 0.05) is 51.2 Å². The van der Waals surface area contributed by atoms with Crippen molar-refractivity contribution in [2.75, 3.05) is 39.5 Å². The van der Waals surface area contributed by atoms with Gasteiger partial charge in [-0.05, 0) is 27.2 Å². The van der Waals surface area contributed by atoms with E-state index in [-0.39, 0.29) is 45.1 Å². The van der Waals surface area contributed by atoms with Crippen molar-refractivity contribution in [3.05, 3.63) is 12.2 Å². The van der Waals surface area contributed by atoms with Gasteiger partial charge in [0.05, 0.1) is 6.17 Å². The first-order valence-electron chi connectivity index (χ1n) is 11.7. The van der Waals surface area contributed by atoms with Gasteiger partial charge in [0.2, 0.25) is 11.8 Å². The van der Waals surface area contributed by atoms with Crippen molar-refractivity contribution in [1.82, 2.24) is 26.2 Å². The van der Waals surface area contributed by atoms with E-state index >= 15 is 0 Å². The summed E-state index contributed by atoms with van der Waals surface area (Å²) in [7, 11) is 0. The molecule has 0 saturated heterocycles. The van der Waals surface area contributed by atoms with E-state index < -0.39 is 42.2 Å². The fraction of sp³-hybridized carbons (Fsp3) is 0.636.